The number of alkyl halides is 1. The highest BCUT2D eigenvalue weighted by Crippen LogP contribution is 2.55. The molecule has 0 spiro atoms. The zero-order chi connectivity index (χ0) is 11.7. The maximum atomic E-state index is 10.7. The van der Waals surface area contributed by atoms with Gasteiger partial charge in [-0.1, -0.05) is 0 Å². The molecule has 0 amide bonds. The third-order valence-corrected chi connectivity index (χ3v) is 7.31. The van der Waals surface area contributed by atoms with Gasteiger partial charge in [0.05, 0.1) is 0 Å². The highest BCUT2D eigenvalue weighted by Gasteiger charge is 2.45. The molecule has 82 valence electrons. The topological polar surface area (TPSA) is 86.3 Å². The molecular formula is C5H2Br3N2O4S+. The summed E-state index contributed by atoms with van der Waals surface area (Å²) in [6, 6.07) is 0. The largest absolute Gasteiger partial charge is 0.485 e. The van der Waals surface area contributed by atoms with Crippen molar-refractivity contribution >= 4 is 68.3 Å². The summed E-state index contributed by atoms with van der Waals surface area (Å²) in [6.07, 6.45) is 0. The summed E-state index contributed by atoms with van der Waals surface area (Å²) >= 11 is 8.99. The summed E-state index contributed by atoms with van der Waals surface area (Å²) in [5.74, 6) is 0. The molecule has 1 aromatic heterocycles. The van der Waals surface area contributed by atoms with E-state index in [9.17, 15) is 20.2 Å². The summed E-state index contributed by atoms with van der Waals surface area (Å²) in [4.78, 5) is 20.2. The van der Waals surface area contributed by atoms with Gasteiger partial charge in [0.15, 0.2) is 13.6 Å². The van der Waals surface area contributed by atoms with E-state index >= 15 is 0 Å². The monoisotopic (exact) mass is 423 g/mol. The number of halogens is 3. The van der Waals surface area contributed by atoms with E-state index in [1.807, 2.05) is 0 Å². The molecule has 15 heavy (non-hydrogen) atoms. The average molecular weight is 426 g/mol. The minimum Gasteiger partial charge on any atom is -0.254 e. The molecule has 1 heterocycles. The molecule has 1 rings (SSSR count). The summed E-state index contributed by atoms with van der Waals surface area (Å²) in [7, 11) is -1.15. The summed E-state index contributed by atoms with van der Waals surface area (Å²) in [5, 5.41) is 21.1. The van der Waals surface area contributed by atoms with Crippen molar-refractivity contribution in [2.24, 2.45) is 0 Å². The van der Waals surface area contributed by atoms with Crippen molar-refractivity contribution in [2.75, 3.05) is 0 Å². The summed E-state index contributed by atoms with van der Waals surface area (Å²) in [6.45, 7) is 0. The van der Waals surface area contributed by atoms with Crippen molar-refractivity contribution < 1.29 is 9.85 Å². The fraction of sp³-hybridized carbons (Fsp3) is 0.200. The fourth-order valence-corrected chi connectivity index (χ4v) is 5.73. The Morgan fingerprint density at radius 2 is 1.40 bits per heavy atom. The van der Waals surface area contributed by atoms with E-state index in [0.717, 1.165) is 0 Å². The standard InChI is InChI=1S/C5H2Br3N2O4S/c6-1-15-4(9(11)12)2(7)3(8)5(15)10(13)14/h1H2/q+1. The molecule has 6 nitrogen and oxygen atoms in total. The molecule has 0 saturated heterocycles. The van der Waals surface area contributed by atoms with Crippen molar-refractivity contribution in [3.8, 4) is 0 Å². The fourth-order valence-electron chi connectivity index (χ4n) is 0.939. The van der Waals surface area contributed by atoms with Crippen LogP contribution in [0.25, 0.3) is 0 Å². The summed E-state index contributed by atoms with van der Waals surface area (Å²) < 4.78 is 0.438. The number of hydrogen-bond acceptors (Lipinski definition) is 4. The number of nitro groups is 2. The number of rotatable bonds is 3. The Labute approximate surface area is 111 Å². The van der Waals surface area contributed by atoms with Gasteiger partial charge in [-0.15, -0.1) is 0 Å². The van der Waals surface area contributed by atoms with Crippen LogP contribution in [0.5, 0.6) is 0 Å². The molecule has 0 fully saturated rings. The van der Waals surface area contributed by atoms with Gasteiger partial charge in [0.1, 0.15) is 20.3 Å². The molecule has 1 aromatic rings. The van der Waals surface area contributed by atoms with Gasteiger partial charge in [0, 0.05) is 0 Å². The zero-order valence-electron chi connectivity index (χ0n) is 6.78. The molecule has 0 saturated carbocycles. The molecular weight excluding hydrogens is 424 g/mol. The van der Waals surface area contributed by atoms with Crippen molar-refractivity contribution in [1.82, 2.24) is 0 Å². The van der Waals surface area contributed by atoms with Gasteiger partial charge in [-0.3, -0.25) is 20.2 Å². The van der Waals surface area contributed by atoms with Gasteiger partial charge in [-0.2, -0.15) is 0 Å². The van der Waals surface area contributed by atoms with Crippen LogP contribution in [0.2, 0.25) is 0 Å². The second kappa shape index (κ2) is 4.85. The number of hydrogen-bond donors (Lipinski definition) is 0. The number of thiophene rings is 1. The third kappa shape index (κ3) is 2.22. The second-order valence-corrected chi connectivity index (χ2v) is 6.98. The molecule has 0 N–H and O–H groups in total. The second-order valence-electron chi connectivity index (χ2n) is 2.25. The van der Waals surface area contributed by atoms with E-state index in [4.69, 9.17) is 0 Å². The molecule has 0 bridgehead atoms. The van der Waals surface area contributed by atoms with Crippen molar-refractivity contribution in [3.05, 3.63) is 29.2 Å². The molecule has 0 aliphatic heterocycles. The Hall–Kier alpha value is -0.0600. The Balaban J connectivity index is 3.61. The first-order valence-corrected chi connectivity index (χ1v) is 7.37. The first kappa shape index (κ1) is 13.0. The third-order valence-electron chi connectivity index (χ3n) is 1.48. The van der Waals surface area contributed by atoms with Gasteiger partial charge < -0.3 is 0 Å². The van der Waals surface area contributed by atoms with Crippen molar-refractivity contribution in [1.29, 1.82) is 0 Å². The summed E-state index contributed by atoms with van der Waals surface area (Å²) in [5.41, 5.74) is 0. The van der Waals surface area contributed by atoms with Crippen molar-refractivity contribution in [3.63, 3.8) is 0 Å². The Kier molecular flexibility index (Phi) is 4.20. The van der Waals surface area contributed by atoms with E-state index in [-0.39, 0.29) is 23.6 Å². The Bertz CT molecular complexity index is 408. The quantitative estimate of drug-likeness (QED) is 0.315. The van der Waals surface area contributed by atoms with Crippen LogP contribution in [0.15, 0.2) is 8.95 Å². The maximum Gasteiger partial charge on any atom is 0.485 e. The molecule has 10 heteroatoms. The Morgan fingerprint density at radius 1 is 1.07 bits per heavy atom. The van der Waals surface area contributed by atoms with Crippen LogP contribution in [0.1, 0.15) is 0 Å². The first-order valence-electron chi connectivity index (χ1n) is 3.27. The van der Waals surface area contributed by atoms with Crippen molar-refractivity contribution in [2.45, 2.75) is 4.66 Å². The molecule has 0 radical (unpaired) electrons. The highest BCUT2D eigenvalue weighted by molar-refractivity contribution is 9.13. The van der Waals surface area contributed by atoms with Gasteiger partial charge in [-0.25, -0.2) is 0 Å². The normalized spacial score (nSPS) is 10.3. The smallest absolute Gasteiger partial charge is 0.254 e. The minimum absolute atomic E-state index is 0.141. The van der Waals surface area contributed by atoms with Gasteiger partial charge in [0.25, 0.3) is 0 Å². The predicted octanol–water partition coefficient (Wildman–Crippen LogP) is 4.13. The van der Waals surface area contributed by atoms with Gasteiger partial charge in [0.2, 0.25) is 0 Å². The van der Waals surface area contributed by atoms with E-state index < -0.39 is 20.3 Å². The lowest BCUT2D eigenvalue weighted by Crippen LogP contribution is -1.87. The highest BCUT2D eigenvalue weighted by atomic mass is 79.9. The lowest BCUT2D eigenvalue weighted by Gasteiger charge is -1.83. The molecule has 0 aliphatic carbocycles. The zero-order valence-corrected chi connectivity index (χ0v) is 12.4. The Morgan fingerprint density at radius 3 is 1.60 bits per heavy atom. The molecule has 0 aromatic carbocycles. The van der Waals surface area contributed by atoms with E-state index in [2.05, 4.69) is 47.8 Å². The molecule has 0 aliphatic rings. The van der Waals surface area contributed by atoms with E-state index in [0.29, 0.717) is 0 Å². The van der Waals surface area contributed by atoms with E-state index in [1.165, 1.54) is 0 Å². The maximum absolute atomic E-state index is 10.7. The lowest BCUT2D eigenvalue weighted by molar-refractivity contribution is -0.383. The molecule has 0 unspecified atom stereocenters. The van der Waals surface area contributed by atoms with Gasteiger partial charge in [-0.05, 0) is 47.8 Å². The van der Waals surface area contributed by atoms with Crippen LogP contribution < -0.4 is 0 Å². The average Bonchev–Trinajstić information content (AvgIpc) is 2.39. The number of nitrogens with zero attached hydrogens (tertiary/aromatic N) is 2. The lowest BCUT2D eigenvalue weighted by atomic mass is 10.6. The van der Waals surface area contributed by atoms with Crippen LogP contribution in [-0.4, -0.2) is 9.85 Å². The van der Waals surface area contributed by atoms with Gasteiger partial charge >= 0.3 is 10.0 Å². The van der Waals surface area contributed by atoms with Crippen LogP contribution in [0, 0.1) is 20.2 Å². The van der Waals surface area contributed by atoms with Crippen LogP contribution >= 0.6 is 58.3 Å². The van der Waals surface area contributed by atoms with Crippen LogP contribution in [-0.2, 0) is 4.66 Å². The molecule has 0 atom stereocenters. The SMILES string of the molecule is O=[N+]([O-])c1c(Br)c(Br)c([N+](=O)[O-])[s+]1CBr. The predicted molar refractivity (Wildman–Crippen MR) is 66.6 cm³/mol. The minimum atomic E-state index is -1.15. The van der Waals surface area contributed by atoms with Crippen LogP contribution in [0.3, 0.4) is 0 Å². The first-order chi connectivity index (χ1) is 6.91. The van der Waals surface area contributed by atoms with E-state index in [1.54, 1.807) is 0 Å². The van der Waals surface area contributed by atoms with Crippen LogP contribution in [0.4, 0.5) is 10.0 Å².